The summed E-state index contributed by atoms with van der Waals surface area (Å²) in [5.41, 5.74) is 2.01. The lowest BCUT2D eigenvalue weighted by molar-refractivity contribution is 1.30. The molecule has 0 aromatic rings. The van der Waals surface area contributed by atoms with Crippen LogP contribution in [0.5, 0.6) is 0 Å². The van der Waals surface area contributed by atoms with Crippen LogP contribution in [0.4, 0.5) is 0 Å². The maximum absolute atomic E-state index is 4.10. The van der Waals surface area contributed by atoms with Crippen molar-refractivity contribution in [1.29, 1.82) is 0 Å². The first-order valence-electron chi connectivity index (χ1n) is 2.49. The van der Waals surface area contributed by atoms with E-state index in [2.05, 4.69) is 17.6 Å². The summed E-state index contributed by atoms with van der Waals surface area (Å²) in [4.78, 5) is 4.10. The molecule has 0 radical (unpaired) electrons. The summed E-state index contributed by atoms with van der Waals surface area (Å²) in [6, 6.07) is 0. The smallest absolute Gasteiger partial charge is 0.0432 e. The van der Waals surface area contributed by atoms with Crippen LogP contribution in [0.2, 0.25) is 0 Å². The number of hydrogen-bond donors (Lipinski definition) is 1. The summed E-state index contributed by atoms with van der Waals surface area (Å²) in [7, 11) is 0. The van der Waals surface area contributed by atoms with Crippen LogP contribution in [0.3, 0.4) is 0 Å². The Morgan fingerprint density at radius 3 is 2.00 bits per heavy atom. The van der Waals surface area contributed by atoms with Crippen LogP contribution >= 0.6 is 12.6 Å². The van der Waals surface area contributed by atoms with E-state index in [9.17, 15) is 0 Å². The van der Waals surface area contributed by atoms with E-state index in [4.69, 9.17) is 0 Å². The van der Waals surface area contributed by atoms with Gasteiger partial charge in [-0.25, -0.2) is 0 Å². The monoisotopic (exact) mass is 129 g/mol. The normalized spacial score (nSPS) is 11.2. The molecule has 0 aliphatic carbocycles. The van der Waals surface area contributed by atoms with E-state index in [1.165, 1.54) is 0 Å². The lowest BCUT2D eigenvalue weighted by Crippen LogP contribution is -1.79. The number of rotatable bonds is 1. The van der Waals surface area contributed by atoms with Gasteiger partial charge in [0.1, 0.15) is 0 Å². The molecule has 0 unspecified atom stereocenters. The minimum Gasteiger partial charge on any atom is -0.263 e. The molecule has 0 saturated heterocycles. The molecule has 2 heteroatoms. The Morgan fingerprint density at radius 1 is 1.38 bits per heavy atom. The van der Waals surface area contributed by atoms with Gasteiger partial charge in [-0.15, -0.1) is 12.6 Å². The SMILES string of the molecule is CC(C)=N/C(C)=C\S. The van der Waals surface area contributed by atoms with Crippen molar-refractivity contribution in [3.05, 3.63) is 11.1 Å². The third-order valence-electron chi connectivity index (χ3n) is 0.587. The van der Waals surface area contributed by atoms with E-state index >= 15 is 0 Å². The standard InChI is InChI=1S/C6H11NS/c1-5(2)7-6(3)4-8/h4,8H,1-3H3/b6-4-. The average Bonchev–Trinajstić information content (AvgIpc) is 1.65. The van der Waals surface area contributed by atoms with E-state index in [1.807, 2.05) is 20.8 Å². The van der Waals surface area contributed by atoms with Crippen molar-refractivity contribution in [3.63, 3.8) is 0 Å². The molecule has 0 aromatic carbocycles. The minimum atomic E-state index is 0.952. The molecular formula is C6H11NS. The van der Waals surface area contributed by atoms with Crippen LogP contribution in [0, 0.1) is 0 Å². The van der Waals surface area contributed by atoms with Crippen molar-refractivity contribution in [2.75, 3.05) is 0 Å². The largest absolute Gasteiger partial charge is 0.263 e. The van der Waals surface area contributed by atoms with Gasteiger partial charge in [0.25, 0.3) is 0 Å². The fraction of sp³-hybridized carbons (Fsp3) is 0.500. The molecule has 0 amide bonds. The van der Waals surface area contributed by atoms with Gasteiger partial charge in [0, 0.05) is 11.4 Å². The van der Waals surface area contributed by atoms with Crippen LogP contribution in [-0.4, -0.2) is 5.71 Å². The fourth-order valence-electron chi connectivity index (χ4n) is 0.382. The Labute approximate surface area is 55.9 Å². The van der Waals surface area contributed by atoms with Crippen LogP contribution in [0.25, 0.3) is 0 Å². The maximum Gasteiger partial charge on any atom is 0.0432 e. The molecule has 1 nitrogen and oxygen atoms in total. The highest BCUT2D eigenvalue weighted by molar-refractivity contribution is 7.83. The van der Waals surface area contributed by atoms with Gasteiger partial charge in [0.05, 0.1) is 0 Å². The third kappa shape index (κ3) is 3.93. The first kappa shape index (κ1) is 7.76. The van der Waals surface area contributed by atoms with Crippen LogP contribution in [0.15, 0.2) is 16.1 Å². The van der Waals surface area contributed by atoms with Crippen LogP contribution in [-0.2, 0) is 0 Å². The summed E-state index contributed by atoms with van der Waals surface area (Å²) in [5, 5.41) is 1.69. The summed E-state index contributed by atoms with van der Waals surface area (Å²) in [6.45, 7) is 5.83. The van der Waals surface area contributed by atoms with E-state index in [0.29, 0.717) is 0 Å². The number of nitrogens with zero attached hydrogens (tertiary/aromatic N) is 1. The predicted octanol–water partition coefficient (Wildman–Crippen LogP) is 2.26. The van der Waals surface area contributed by atoms with Crippen molar-refractivity contribution < 1.29 is 0 Å². The van der Waals surface area contributed by atoms with Gasteiger partial charge in [-0.05, 0) is 26.2 Å². The molecule has 0 bridgehead atoms. The Hall–Kier alpha value is -0.240. The van der Waals surface area contributed by atoms with E-state index in [1.54, 1.807) is 5.41 Å². The molecule has 0 aliphatic heterocycles. The van der Waals surface area contributed by atoms with Crippen LogP contribution in [0.1, 0.15) is 20.8 Å². The second-order valence-corrected chi connectivity index (χ2v) is 2.09. The molecule has 0 spiro atoms. The van der Waals surface area contributed by atoms with Gasteiger partial charge in [0.15, 0.2) is 0 Å². The van der Waals surface area contributed by atoms with E-state index in [0.717, 1.165) is 11.4 Å². The molecular weight excluding hydrogens is 118 g/mol. The molecule has 0 rings (SSSR count). The van der Waals surface area contributed by atoms with Gasteiger partial charge in [-0.2, -0.15) is 0 Å². The second-order valence-electron chi connectivity index (χ2n) is 1.83. The van der Waals surface area contributed by atoms with E-state index in [-0.39, 0.29) is 0 Å². The van der Waals surface area contributed by atoms with E-state index < -0.39 is 0 Å². The van der Waals surface area contributed by atoms with Gasteiger partial charge in [-0.1, -0.05) is 0 Å². The van der Waals surface area contributed by atoms with Gasteiger partial charge >= 0.3 is 0 Å². The molecule has 0 aromatic heterocycles. The molecule has 8 heavy (non-hydrogen) atoms. The Kier molecular flexibility index (Phi) is 3.61. The highest BCUT2D eigenvalue weighted by Gasteiger charge is 1.78. The third-order valence-corrected chi connectivity index (χ3v) is 0.960. The van der Waals surface area contributed by atoms with Gasteiger partial charge in [0.2, 0.25) is 0 Å². The molecule has 0 N–H and O–H groups in total. The fourth-order valence-corrected chi connectivity index (χ4v) is 0.439. The Bertz CT molecular complexity index is 120. The lowest BCUT2D eigenvalue weighted by atomic mass is 10.5. The predicted molar refractivity (Wildman–Crippen MR) is 41.5 cm³/mol. The van der Waals surface area contributed by atoms with Crippen molar-refractivity contribution in [2.24, 2.45) is 4.99 Å². The molecule has 46 valence electrons. The molecule has 0 saturated carbocycles. The minimum absolute atomic E-state index is 0.952. The number of allylic oxidation sites excluding steroid dienone is 1. The van der Waals surface area contributed by atoms with Crippen molar-refractivity contribution in [1.82, 2.24) is 0 Å². The highest BCUT2D eigenvalue weighted by Crippen LogP contribution is 1.95. The number of aliphatic imine (C=N–C) groups is 1. The average molecular weight is 129 g/mol. The zero-order valence-electron chi connectivity index (χ0n) is 5.47. The van der Waals surface area contributed by atoms with Crippen molar-refractivity contribution >= 4 is 18.3 Å². The lowest BCUT2D eigenvalue weighted by Gasteiger charge is -1.88. The number of thiol groups is 1. The van der Waals surface area contributed by atoms with Gasteiger partial charge < -0.3 is 0 Å². The van der Waals surface area contributed by atoms with Crippen molar-refractivity contribution in [2.45, 2.75) is 20.8 Å². The Morgan fingerprint density at radius 2 is 1.88 bits per heavy atom. The van der Waals surface area contributed by atoms with Crippen LogP contribution < -0.4 is 0 Å². The first-order chi connectivity index (χ1) is 3.66. The van der Waals surface area contributed by atoms with Crippen molar-refractivity contribution in [3.8, 4) is 0 Å². The summed E-state index contributed by atoms with van der Waals surface area (Å²) in [5.74, 6) is 0. The highest BCUT2D eigenvalue weighted by atomic mass is 32.1. The summed E-state index contributed by atoms with van der Waals surface area (Å²) < 4.78 is 0. The Balaban J connectivity index is 3.89. The molecule has 0 heterocycles. The maximum atomic E-state index is 4.10. The summed E-state index contributed by atoms with van der Waals surface area (Å²) in [6.07, 6.45) is 0. The zero-order chi connectivity index (χ0) is 6.57. The molecule has 0 aliphatic rings. The molecule has 0 atom stereocenters. The second kappa shape index (κ2) is 3.72. The van der Waals surface area contributed by atoms with Gasteiger partial charge in [-0.3, -0.25) is 4.99 Å². The first-order valence-corrected chi connectivity index (χ1v) is 3.01. The zero-order valence-corrected chi connectivity index (χ0v) is 6.37. The summed E-state index contributed by atoms with van der Waals surface area (Å²) >= 11 is 3.92. The molecule has 0 fully saturated rings. The quantitative estimate of drug-likeness (QED) is 0.412. The number of hydrogen-bond acceptors (Lipinski definition) is 2. The topological polar surface area (TPSA) is 12.4 Å².